The van der Waals surface area contributed by atoms with Crippen molar-refractivity contribution in [2.75, 3.05) is 13.2 Å². The number of aromatic nitrogens is 2. The summed E-state index contributed by atoms with van der Waals surface area (Å²) >= 11 is 12.0. The van der Waals surface area contributed by atoms with Gasteiger partial charge in [0.05, 0.1) is 34.8 Å². The zero-order valence-corrected chi connectivity index (χ0v) is 17.4. The second-order valence-electron chi connectivity index (χ2n) is 6.22. The Kier molecular flexibility index (Phi) is 6.81. The summed E-state index contributed by atoms with van der Waals surface area (Å²) in [5, 5.41) is 1.08. The number of rotatable bonds is 8. The molecule has 0 aliphatic carbocycles. The maximum atomic E-state index is 12.0. The maximum Gasteiger partial charge on any atom is 0.338 e. The summed E-state index contributed by atoms with van der Waals surface area (Å²) in [6, 6.07) is 10.7. The Morgan fingerprint density at radius 2 is 1.96 bits per heavy atom. The number of benzene rings is 2. The second-order valence-corrected chi connectivity index (χ2v) is 7.07. The van der Waals surface area contributed by atoms with Crippen LogP contribution in [0.5, 0.6) is 5.75 Å². The summed E-state index contributed by atoms with van der Waals surface area (Å²) < 4.78 is 13.0. The Morgan fingerprint density at radius 3 is 2.68 bits per heavy atom. The van der Waals surface area contributed by atoms with E-state index in [-0.39, 0.29) is 5.97 Å². The quantitative estimate of drug-likeness (QED) is 0.354. The van der Waals surface area contributed by atoms with Crippen LogP contribution in [-0.4, -0.2) is 28.7 Å². The highest BCUT2D eigenvalue weighted by Crippen LogP contribution is 2.27. The lowest BCUT2D eigenvalue weighted by Crippen LogP contribution is -2.06. The van der Waals surface area contributed by atoms with E-state index in [2.05, 4.69) is 11.5 Å². The average molecular weight is 421 g/mol. The number of imidazole rings is 1. The zero-order chi connectivity index (χ0) is 20.1. The van der Waals surface area contributed by atoms with E-state index in [4.69, 9.17) is 37.7 Å². The molecular weight excluding hydrogens is 399 g/mol. The minimum Gasteiger partial charge on any atom is -0.492 e. The lowest BCUT2D eigenvalue weighted by Gasteiger charge is -2.09. The summed E-state index contributed by atoms with van der Waals surface area (Å²) in [5.41, 5.74) is 2.32. The van der Waals surface area contributed by atoms with Crippen molar-refractivity contribution >= 4 is 40.2 Å². The predicted octanol–water partition coefficient (Wildman–Crippen LogP) is 5.55. The van der Waals surface area contributed by atoms with Gasteiger partial charge in [0.25, 0.3) is 0 Å². The Labute approximate surface area is 174 Å². The molecule has 0 unspecified atom stereocenters. The molecule has 0 spiro atoms. The molecule has 0 aliphatic heterocycles. The number of aryl methyl sites for hydroxylation is 2. The molecule has 0 aliphatic rings. The molecule has 0 bridgehead atoms. The van der Waals surface area contributed by atoms with E-state index >= 15 is 0 Å². The largest absolute Gasteiger partial charge is 0.492 e. The minimum atomic E-state index is -0.328. The fourth-order valence-corrected chi connectivity index (χ4v) is 3.53. The number of hydrogen-bond acceptors (Lipinski definition) is 4. The third kappa shape index (κ3) is 4.59. The van der Waals surface area contributed by atoms with Gasteiger partial charge in [0, 0.05) is 18.0 Å². The van der Waals surface area contributed by atoms with Crippen LogP contribution in [0.15, 0.2) is 36.4 Å². The summed E-state index contributed by atoms with van der Waals surface area (Å²) in [5.74, 6) is 1.25. The molecule has 28 heavy (non-hydrogen) atoms. The van der Waals surface area contributed by atoms with Crippen molar-refractivity contribution in [3.63, 3.8) is 0 Å². The van der Waals surface area contributed by atoms with Crippen LogP contribution in [0.2, 0.25) is 10.0 Å². The van der Waals surface area contributed by atoms with Gasteiger partial charge in [0.15, 0.2) is 0 Å². The molecule has 2 aromatic carbocycles. The lowest BCUT2D eigenvalue weighted by atomic mass is 10.2. The Hall–Kier alpha value is -2.24. The number of carbonyl (C=O) groups is 1. The molecule has 1 aromatic heterocycles. The molecule has 3 aromatic rings. The van der Waals surface area contributed by atoms with E-state index in [1.165, 1.54) is 0 Å². The highest BCUT2D eigenvalue weighted by molar-refractivity contribution is 6.35. The van der Waals surface area contributed by atoms with Crippen LogP contribution in [0, 0.1) is 0 Å². The van der Waals surface area contributed by atoms with Crippen LogP contribution >= 0.6 is 23.2 Å². The molecule has 0 radical (unpaired) electrons. The number of nitrogens with zero attached hydrogens (tertiary/aromatic N) is 2. The van der Waals surface area contributed by atoms with Crippen LogP contribution in [0.1, 0.15) is 36.5 Å². The Bertz CT molecular complexity index is 985. The first kappa shape index (κ1) is 20.5. The van der Waals surface area contributed by atoms with E-state index in [1.54, 1.807) is 37.3 Å². The molecule has 0 saturated heterocycles. The van der Waals surface area contributed by atoms with Gasteiger partial charge in [0.1, 0.15) is 11.6 Å². The third-order valence-electron chi connectivity index (χ3n) is 4.35. The van der Waals surface area contributed by atoms with Crippen molar-refractivity contribution in [1.29, 1.82) is 0 Å². The average Bonchev–Trinajstić information content (AvgIpc) is 3.03. The van der Waals surface area contributed by atoms with E-state index in [0.717, 1.165) is 36.2 Å². The van der Waals surface area contributed by atoms with Gasteiger partial charge in [-0.25, -0.2) is 9.78 Å². The van der Waals surface area contributed by atoms with Gasteiger partial charge in [-0.2, -0.15) is 0 Å². The molecule has 0 N–H and O–H groups in total. The van der Waals surface area contributed by atoms with Gasteiger partial charge in [-0.15, -0.1) is 0 Å². The van der Waals surface area contributed by atoms with Crippen molar-refractivity contribution in [2.45, 2.75) is 33.2 Å². The van der Waals surface area contributed by atoms with Crippen molar-refractivity contribution < 1.29 is 14.3 Å². The topological polar surface area (TPSA) is 53.4 Å². The Morgan fingerprint density at radius 1 is 1.14 bits per heavy atom. The molecule has 3 rings (SSSR count). The molecule has 5 nitrogen and oxygen atoms in total. The molecule has 0 amide bonds. The smallest absolute Gasteiger partial charge is 0.338 e. The highest BCUT2D eigenvalue weighted by atomic mass is 35.5. The standard InChI is InChI=1S/C21H22Cl2N2O3/c1-3-25-18-9-7-14(21(26)27-4-2)12-17(18)24-20(25)6-5-11-28-19-10-8-15(22)13-16(19)23/h7-10,12-13H,3-6,11H2,1-2H3. The predicted molar refractivity (Wildman–Crippen MR) is 112 cm³/mol. The van der Waals surface area contributed by atoms with Gasteiger partial charge >= 0.3 is 5.97 Å². The van der Waals surface area contributed by atoms with Crippen molar-refractivity contribution in [1.82, 2.24) is 9.55 Å². The number of ether oxygens (including phenoxy) is 2. The third-order valence-corrected chi connectivity index (χ3v) is 4.88. The molecule has 0 fully saturated rings. The van der Waals surface area contributed by atoms with E-state index in [9.17, 15) is 4.79 Å². The number of esters is 1. The first-order valence-electron chi connectivity index (χ1n) is 9.27. The number of hydrogen-bond donors (Lipinski definition) is 0. The van der Waals surface area contributed by atoms with Crippen LogP contribution in [0.25, 0.3) is 11.0 Å². The minimum absolute atomic E-state index is 0.328. The van der Waals surface area contributed by atoms with Crippen LogP contribution < -0.4 is 4.74 Å². The summed E-state index contributed by atoms with van der Waals surface area (Å²) in [4.78, 5) is 16.7. The molecule has 1 heterocycles. The zero-order valence-electron chi connectivity index (χ0n) is 15.9. The van der Waals surface area contributed by atoms with Crippen molar-refractivity contribution in [3.8, 4) is 5.75 Å². The van der Waals surface area contributed by atoms with Crippen molar-refractivity contribution in [2.24, 2.45) is 0 Å². The summed E-state index contributed by atoms with van der Waals surface area (Å²) in [6.45, 7) is 5.54. The summed E-state index contributed by atoms with van der Waals surface area (Å²) in [6.07, 6.45) is 1.54. The Balaban J connectivity index is 1.69. The maximum absolute atomic E-state index is 12.0. The van der Waals surface area contributed by atoms with Crippen LogP contribution in [0.4, 0.5) is 0 Å². The molecule has 7 heteroatoms. The monoisotopic (exact) mass is 420 g/mol. The normalized spacial score (nSPS) is 11.0. The van der Waals surface area contributed by atoms with E-state index in [1.807, 2.05) is 6.07 Å². The number of fused-ring (bicyclic) bond motifs is 1. The van der Waals surface area contributed by atoms with Gasteiger partial charge in [-0.1, -0.05) is 23.2 Å². The van der Waals surface area contributed by atoms with Gasteiger partial charge in [-0.3, -0.25) is 0 Å². The van der Waals surface area contributed by atoms with E-state index in [0.29, 0.717) is 34.6 Å². The molecule has 0 atom stereocenters. The van der Waals surface area contributed by atoms with Gasteiger partial charge < -0.3 is 14.0 Å². The second kappa shape index (κ2) is 9.30. The van der Waals surface area contributed by atoms with E-state index < -0.39 is 0 Å². The van der Waals surface area contributed by atoms with Gasteiger partial charge in [-0.05, 0) is 56.7 Å². The first-order valence-corrected chi connectivity index (χ1v) is 10.0. The van der Waals surface area contributed by atoms with Gasteiger partial charge in [0.2, 0.25) is 0 Å². The SMILES string of the molecule is CCOC(=O)c1ccc2c(c1)nc(CCCOc1ccc(Cl)cc1Cl)n2CC. The summed E-state index contributed by atoms with van der Waals surface area (Å²) in [7, 11) is 0. The molecule has 0 saturated carbocycles. The number of halogens is 2. The van der Waals surface area contributed by atoms with Crippen molar-refractivity contribution in [3.05, 3.63) is 57.8 Å². The fourth-order valence-electron chi connectivity index (χ4n) is 3.07. The molecular formula is C21H22Cl2N2O3. The highest BCUT2D eigenvalue weighted by Gasteiger charge is 2.13. The molecule has 148 valence electrons. The number of carbonyl (C=O) groups excluding carboxylic acids is 1. The first-order chi connectivity index (χ1) is 13.5. The van der Waals surface area contributed by atoms with Crippen LogP contribution in [0.3, 0.4) is 0 Å². The van der Waals surface area contributed by atoms with Crippen LogP contribution in [-0.2, 0) is 17.7 Å². The lowest BCUT2D eigenvalue weighted by molar-refractivity contribution is 0.0526. The fraction of sp³-hybridized carbons (Fsp3) is 0.333.